The van der Waals surface area contributed by atoms with Gasteiger partial charge in [-0.05, 0) is 44.7 Å². The number of hydrogen-bond acceptors (Lipinski definition) is 8. The summed E-state index contributed by atoms with van der Waals surface area (Å²) >= 11 is 0. The maximum atomic E-state index is 13.4. The molecule has 2 aliphatic heterocycles. The number of nitrogens with two attached hydrogens (primary N) is 1. The van der Waals surface area contributed by atoms with Crippen LogP contribution < -0.4 is 20.5 Å². The summed E-state index contributed by atoms with van der Waals surface area (Å²) in [7, 11) is -4.08. The van der Waals surface area contributed by atoms with E-state index >= 15 is 0 Å². The van der Waals surface area contributed by atoms with Gasteiger partial charge in [0, 0.05) is 36.3 Å². The van der Waals surface area contributed by atoms with E-state index < -0.39 is 64.8 Å². The van der Waals surface area contributed by atoms with Gasteiger partial charge in [-0.3, -0.25) is 9.59 Å². The van der Waals surface area contributed by atoms with E-state index in [4.69, 9.17) is 10.5 Å². The SMILES string of the molecule is Cc1nc(N)nc(C(F)(F)F)c1CNC(=O)CN1C(=O)C(NS(=O)(=O)c2ccc3c(c2)OCC3)CCCC1C. The first kappa shape index (κ1) is 28.5. The van der Waals surface area contributed by atoms with Crippen LogP contribution in [0.1, 0.15) is 48.7 Å². The van der Waals surface area contributed by atoms with E-state index in [0.717, 1.165) is 5.56 Å². The van der Waals surface area contributed by atoms with E-state index in [1.54, 1.807) is 13.0 Å². The summed E-state index contributed by atoms with van der Waals surface area (Å²) in [5, 5.41) is 2.39. The number of hydrogen-bond donors (Lipinski definition) is 3. The Morgan fingerprint density at radius 3 is 2.72 bits per heavy atom. The number of rotatable bonds is 7. The van der Waals surface area contributed by atoms with E-state index in [1.807, 2.05) is 0 Å². The summed E-state index contributed by atoms with van der Waals surface area (Å²) in [6, 6.07) is 3.01. The number of aryl methyl sites for hydroxylation is 1. The molecular weight excluding hydrogens is 541 g/mol. The minimum absolute atomic E-state index is 0.0410. The molecule has 2 atom stereocenters. The number of halogens is 3. The van der Waals surface area contributed by atoms with Crippen LogP contribution in [0.5, 0.6) is 5.75 Å². The van der Waals surface area contributed by atoms with Crippen molar-refractivity contribution in [3.8, 4) is 5.75 Å². The fraction of sp³-hybridized carbons (Fsp3) is 0.500. The number of likely N-dealkylation sites (tertiary alicyclic amines) is 1. The third kappa shape index (κ3) is 6.41. The van der Waals surface area contributed by atoms with E-state index in [0.29, 0.717) is 31.6 Å². The molecule has 2 amide bonds. The lowest BCUT2D eigenvalue weighted by Gasteiger charge is -2.29. The molecule has 1 aromatic carbocycles. The average molecular weight is 571 g/mol. The van der Waals surface area contributed by atoms with Gasteiger partial charge in [-0.1, -0.05) is 6.07 Å². The fourth-order valence-corrected chi connectivity index (χ4v) is 5.93. The van der Waals surface area contributed by atoms with E-state index in [1.165, 1.54) is 24.0 Å². The van der Waals surface area contributed by atoms with Crippen LogP contribution in [0.3, 0.4) is 0 Å². The highest BCUT2D eigenvalue weighted by atomic mass is 32.2. The lowest BCUT2D eigenvalue weighted by Crippen LogP contribution is -2.52. The standard InChI is InChI=1S/C24H29F3N6O5S/c1-13-4-3-5-18(32-39(36,37)16-7-6-15-8-9-38-19(15)10-16)22(35)33(13)12-20(34)29-11-17-14(2)30-23(28)31-21(17)24(25,26)27/h6-7,10,13,18,32H,3-5,8-9,11-12H2,1-2H3,(H,29,34)(H2,28,30,31). The van der Waals surface area contributed by atoms with Crippen molar-refractivity contribution >= 4 is 27.8 Å². The number of fused-ring (bicyclic) bond motifs is 1. The van der Waals surface area contributed by atoms with Gasteiger partial charge < -0.3 is 20.7 Å². The van der Waals surface area contributed by atoms with Crippen molar-refractivity contribution in [3.63, 3.8) is 0 Å². The zero-order valence-corrected chi connectivity index (χ0v) is 22.2. The predicted molar refractivity (Wildman–Crippen MR) is 133 cm³/mol. The first-order chi connectivity index (χ1) is 18.3. The second kappa shape index (κ2) is 11.0. The lowest BCUT2D eigenvalue weighted by atomic mass is 10.1. The van der Waals surface area contributed by atoms with Crippen LogP contribution in [0.2, 0.25) is 0 Å². The fourth-order valence-electron chi connectivity index (χ4n) is 4.69. The molecule has 11 nitrogen and oxygen atoms in total. The lowest BCUT2D eigenvalue weighted by molar-refractivity contribution is -0.142. The van der Waals surface area contributed by atoms with Gasteiger partial charge in [0.2, 0.25) is 27.8 Å². The van der Waals surface area contributed by atoms with Gasteiger partial charge in [0.1, 0.15) is 11.8 Å². The molecule has 212 valence electrons. The molecule has 2 aromatic rings. The molecule has 4 rings (SSSR count). The Kier molecular flexibility index (Phi) is 8.02. The van der Waals surface area contributed by atoms with Crippen LogP contribution in [-0.4, -0.2) is 60.3 Å². The number of sulfonamides is 1. The molecule has 15 heteroatoms. The Morgan fingerprint density at radius 2 is 2.00 bits per heavy atom. The molecule has 4 N–H and O–H groups in total. The highest BCUT2D eigenvalue weighted by Crippen LogP contribution is 2.32. The van der Waals surface area contributed by atoms with Gasteiger partial charge in [-0.2, -0.15) is 17.9 Å². The Labute approximate surface area is 223 Å². The molecule has 1 aromatic heterocycles. The summed E-state index contributed by atoms with van der Waals surface area (Å²) in [5.74, 6) is -1.38. The summed E-state index contributed by atoms with van der Waals surface area (Å²) in [5.41, 5.74) is 4.62. The number of alkyl halides is 3. The van der Waals surface area contributed by atoms with Gasteiger partial charge in [-0.15, -0.1) is 0 Å². The van der Waals surface area contributed by atoms with Gasteiger partial charge in [0.25, 0.3) is 0 Å². The van der Waals surface area contributed by atoms with Crippen molar-refractivity contribution in [2.45, 2.75) is 69.2 Å². The molecule has 3 heterocycles. The zero-order valence-electron chi connectivity index (χ0n) is 21.3. The number of nitrogens with zero attached hydrogens (tertiary/aromatic N) is 3. The monoisotopic (exact) mass is 570 g/mol. The van der Waals surface area contributed by atoms with Crippen molar-refractivity contribution in [2.24, 2.45) is 0 Å². The molecule has 0 spiro atoms. The van der Waals surface area contributed by atoms with Crippen LogP contribution in [0.4, 0.5) is 19.1 Å². The summed E-state index contributed by atoms with van der Waals surface area (Å²) in [6.45, 7) is 2.50. The molecule has 1 saturated heterocycles. The number of benzene rings is 1. The number of carbonyl (C=O) groups is 2. The number of ether oxygens (including phenoxy) is 1. The van der Waals surface area contributed by atoms with Gasteiger partial charge in [0.05, 0.1) is 18.0 Å². The smallest absolute Gasteiger partial charge is 0.433 e. The Hall–Kier alpha value is -3.46. The molecule has 2 unspecified atom stereocenters. The van der Waals surface area contributed by atoms with Crippen molar-refractivity contribution in [1.29, 1.82) is 0 Å². The maximum Gasteiger partial charge on any atom is 0.433 e. The Balaban J connectivity index is 1.46. The number of nitrogen functional groups attached to an aromatic ring is 1. The van der Waals surface area contributed by atoms with Crippen molar-refractivity contribution in [3.05, 3.63) is 40.7 Å². The Bertz CT molecular complexity index is 1390. The van der Waals surface area contributed by atoms with Crippen LogP contribution in [0.25, 0.3) is 0 Å². The number of aromatic nitrogens is 2. The summed E-state index contributed by atoms with van der Waals surface area (Å²) < 4.78 is 74.4. The summed E-state index contributed by atoms with van der Waals surface area (Å²) in [4.78, 5) is 34.3. The zero-order chi connectivity index (χ0) is 28.5. The first-order valence-corrected chi connectivity index (χ1v) is 13.8. The molecule has 0 radical (unpaired) electrons. The number of amides is 2. The largest absolute Gasteiger partial charge is 0.493 e. The molecule has 2 aliphatic rings. The van der Waals surface area contributed by atoms with Crippen LogP contribution >= 0.6 is 0 Å². The molecule has 0 bridgehead atoms. The van der Waals surface area contributed by atoms with Gasteiger partial charge in [-0.25, -0.2) is 18.4 Å². The quantitative estimate of drug-likeness (QED) is 0.454. The number of anilines is 1. The van der Waals surface area contributed by atoms with Crippen molar-refractivity contribution in [1.82, 2.24) is 24.9 Å². The second-order valence-corrected chi connectivity index (χ2v) is 11.3. The Morgan fingerprint density at radius 1 is 1.26 bits per heavy atom. The van der Waals surface area contributed by atoms with Gasteiger partial charge in [0.15, 0.2) is 5.69 Å². The van der Waals surface area contributed by atoms with E-state index in [2.05, 4.69) is 20.0 Å². The van der Waals surface area contributed by atoms with E-state index in [-0.39, 0.29) is 22.6 Å². The van der Waals surface area contributed by atoms with Crippen molar-refractivity contribution in [2.75, 3.05) is 18.9 Å². The molecule has 1 fully saturated rings. The number of carbonyl (C=O) groups excluding carboxylic acids is 2. The summed E-state index contributed by atoms with van der Waals surface area (Å²) in [6.07, 6.45) is -2.89. The molecule has 0 saturated carbocycles. The first-order valence-electron chi connectivity index (χ1n) is 12.3. The van der Waals surface area contributed by atoms with Crippen molar-refractivity contribution < 1.29 is 35.9 Å². The molecule has 0 aliphatic carbocycles. The highest BCUT2D eigenvalue weighted by molar-refractivity contribution is 7.89. The van der Waals surface area contributed by atoms with Crippen LogP contribution in [0.15, 0.2) is 23.1 Å². The predicted octanol–water partition coefficient (Wildman–Crippen LogP) is 1.69. The second-order valence-electron chi connectivity index (χ2n) is 9.56. The number of nitrogens with one attached hydrogen (secondary N) is 2. The topological polar surface area (TPSA) is 157 Å². The average Bonchev–Trinajstić information content (AvgIpc) is 3.28. The van der Waals surface area contributed by atoms with Crippen LogP contribution in [0, 0.1) is 6.92 Å². The minimum atomic E-state index is -4.81. The van der Waals surface area contributed by atoms with Gasteiger partial charge >= 0.3 is 6.18 Å². The third-order valence-electron chi connectivity index (χ3n) is 6.78. The molecular formula is C24H29F3N6O5S. The highest BCUT2D eigenvalue weighted by Gasteiger charge is 2.38. The minimum Gasteiger partial charge on any atom is -0.493 e. The van der Waals surface area contributed by atoms with E-state index in [9.17, 15) is 31.2 Å². The molecule has 39 heavy (non-hydrogen) atoms. The van der Waals surface area contributed by atoms with Crippen LogP contribution in [-0.2, 0) is 38.8 Å². The maximum absolute atomic E-state index is 13.4. The third-order valence-corrected chi connectivity index (χ3v) is 8.25. The normalized spacial score (nSPS) is 19.8.